The summed E-state index contributed by atoms with van der Waals surface area (Å²) < 4.78 is 55.0. The van der Waals surface area contributed by atoms with E-state index in [1.807, 2.05) is 0 Å². The number of aromatic nitrogens is 1. The molecule has 3 atom stereocenters. The molecule has 4 N–H and O–H groups in total. The van der Waals surface area contributed by atoms with Crippen LogP contribution in [0.5, 0.6) is 0 Å². The Morgan fingerprint density at radius 2 is 2.00 bits per heavy atom. The molecule has 0 saturated carbocycles. The Hall–Kier alpha value is -0.740. The van der Waals surface area contributed by atoms with Gasteiger partial charge in [-0.1, -0.05) is 11.6 Å². The summed E-state index contributed by atoms with van der Waals surface area (Å²) in [6.45, 7) is 6.03. The minimum Gasteiger partial charge on any atom is -0.374 e. The summed E-state index contributed by atoms with van der Waals surface area (Å²) in [5.41, 5.74) is 1.40. The number of nitrogens with one attached hydrogen (secondary N) is 1. The molecule has 1 aromatic heterocycles. The van der Waals surface area contributed by atoms with Crippen LogP contribution in [0.15, 0.2) is 6.07 Å². The van der Waals surface area contributed by atoms with Crippen molar-refractivity contribution in [1.29, 1.82) is 0 Å². The van der Waals surface area contributed by atoms with Crippen LogP contribution in [0, 0.1) is 0 Å². The van der Waals surface area contributed by atoms with Gasteiger partial charge in [-0.05, 0) is 57.7 Å². The Morgan fingerprint density at radius 3 is 2.46 bits per heavy atom. The molecule has 3 unspecified atom stereocenters. The summed E-state index contributed by atoms with van der Waals surface area (Å²) in [6.07, 6.45) is -4.05. The lowest BCUT2D eigenvalue weighted by Gasteiger charge is -2.33. The van der Waals surface area contributed by atoms with Crippen molar-refractivity contribution in [3.63, 3.8) is 0 Å². The molecule has 0 fully saturated rings. The number of hydrogen-bond donors (Lipinski definition) is 3. The highest BCUT2D eigenvalue weighted by atomic mass is 35.5. The summed E-state index contributed by atoms with van der Waals surface area (Å²) in [7, 11) is -1.45. The number of alkyl halides is 3. The quantitative estimate of drug-likeness (QED) is 0.662. The van der Waals surface area contributed by atoms with Crippen molar-refractivity contribution >= 4 is 22.6 Å². The Bertz CT molecular complexity index is 739. The predicted octanol–water partition coefficient (Wildman–Crippen LogP) is 2.66. The molecule has 1 aliphatic carbocycles. The fourth-order valence-electron chi connectivity index (χ4n) is 2.82. The van der Waals surface area contributed by atoms with Gasteiger partial charge in [-0.25, -0.2) is 13.9 Å². The number of aliphatic hydroxyl groups is 1. The minimum absolute atomic E-state index is 0.110. The molecule has 0 bridgehead atoms. The first-order valence-electron chi connectivity index (χ1n) is 8.05. The maximum Gasteiger partial charge on any atom is 0.424 e. The fourth-order valence-corrected chi connectivity index (χ4v) is 4.04. The van der Waals surface area contributed by atoms with Gasteiger partial charge in [0.15, 0.2) is 0 Å². The van der Waals surface area contributed by atoms with Crippen molar-refractivity contribution in [1.82, 2.24) is 9.71 Å². The average molecular weight is 414 g/mol. The Kier molecular flexibility index (Phi) is 5.56. The van der Waals surface area contributed by atoms with E-state index in [-0.39, 0.29) is 5.15 Å². The van der Waals surface area contributed by atoms with Gasteiger partial charge in [0.25, 0.3) is 0 Å². The van der Waals surface area contributed by atoms with Crippen LogP contribution in [0.25, 0.3) is 0 Å². The maximum absolute atomic E-state index is 13.4. The molecular formula is C16H23ClF3N3O2S. The third-order valence-electron chi connectivity index (χ3n) is 4.61. The summed E-state index contributed by atoms with van der Waals surface area (Å²) in [5, 5.41) is 10.0. The van der Waals surface area contributed by atoms with Crippen molar-refractivity contribution < 1.29 is 22.5 Å². The zero-order chi connectivity index (χ0) is 20.1. The minimum atomic E-state index is -5.01. The molecule has 148 valence electrons. The van der Waals surface area contributed by atoms with Crippen LogP contribution in [0.3, 0.4) is 0 Å². The second-order valence-electron chi connectivity index (χ2n) is 7.70. The normalized spacial score (nSPS) is 24.2. The van der Waals surface area contributed by atoms with Gasteiger partial charge in [0, 0.05) is 6.54 Å². The number of nitrogens with zero attached hydrogens (tertiary/aromatic N) is 1. The first-order chi connectivity index (χ1) is 11.7. The molecular weight excluding hydrogens is 391 g/mol. The molecule has 0 saturated heterocycles. The Labute approximate surface area is 158 Å². The van der Waals surface area contributed by atoms with E-state index in [0.717, 1.165) is 0 Å². The van der Waals surface area contributed by atoms with Gasteiger partial charge in [-0.3, -0.25) is 0 Å². The highest BCUT2D eigenvalue weighted by Gasteiger charge is 2.56. The lowest BCUT2D eigenvalue weighted by molar-refractivity contribution is -0.263. The standard InChI is InChI=1S/C16H23ClF3N3O2S/c1-13(2,3)26(25)23-14(4)6-5-9-10(14)7-11(22-12(9)17)15(24,8-21)16(18,19)20/h7,23-24H,5-6,8,21H2,1-4H3. The van der Waals surface area contributed by atoms with Crippen molar-refractivity contribution in [3.05, 3.63) is 28.0 Å². The molecule has 0 amide bonds. The van der Waals surface area contributed by atoms with Gasteiger partial charge in [0.05, 0.1) is 27.0 Å². The van der Waals surface area contributed by atoms with Crippen molar-refractivity contribution in [2.24, 2.45) is 5.73 Å². The molecule has 0 spiro atoms. The summed E-state index contributed by atoms with van der Waals surface area (Å²) in [6, 6.07) is 1.17. The number of rotatable bonds is 4. The molecule has 1 aliphatic rings. The van der Waals surface area contributed by atoms with Crippen molar-refractivity contribution in [2.75, 3.05) is 6.54 Å². The predicted molar refractivity (Wildman–Crippen MR) is 95.0 cm³/mol. The molecule has 0 aliphatic heterocycles. The molecule has 1 heterocycles. The highest BCUT2D eigenvalue weighted by molar-refractivity contribution is 7.84. The first kappa shape index (κ1) is 21.6. The van der Waals surface area contributed by atoms with Gasteiger partial charge in [0.2, 0.25) is 5.60 Å². The van der Waals surface area contributed by atoms with E-state index in [4.69, 9.17) is 17.3 Å². The van der Waals surface area contributed by atoms with Crippen LogP contribution < -0.4 is 10.5 Å². The lowest BCUT2D eigenvalue weighted by Crippen LogP contribution is -2.49. The first-order valence-corrected chi connectivity index (χ1v) is 9.58. The van der Waals surface area contributed by atoms with Crippen LogP contribution in [0.2, 0.25) is 5.15 Å². The van der Waals surface area contributed by atoms with Gasteiger partial charge in [0.1, 0.15) is 5.15 Å². The molecule has 26 heavy (non-hydrogen) atoms. The number of fused-ring (bicyclic) bond motifs is 1. The van der Waals surface area contributed by atoms with E-state index in [1.165, 1.54) is 6.07 Å². The lowest BCUT2D eigenvalue weighted by atomic mass is 9.91. The molecule has 1 aromatic rings. The number of pyridine rings is 1. The largest absolute Gasteiger partial charge is 0.424 e. The molecule has 0 radical (unpaired) electrons. The molecule has 0 aromatic carbocycles. The number of hydrogen-bond acceptors (Lipinski definition) is 4. The molecule has 2 rings (SSSR count). The molecule has 5 nitrogen and oxygen atoms in total. The van der Waals surface area contributed by atoms with Gasteiger partial charge in [-0.15, -0.1) is 0 Å². The second kappa shape index (κ2) is 6.70. The van der Waals surface area contributed by atoms with Gasteiger partial charge >= 0.3 is 6.18 Å². The van der Waals surface area contributed by atoms with E-state index in [0.29, 0.717) is 24.0 Å². The van der Waals surface area contributed by atoms with E-state index in [2.05, 4.69) is 9.71 Å². The SMILES string of the molecule is CC1(NS(=O)C(C)(C)C)CCc2c1cc(C(O)(CN)C(F)(F)F)nc2Cl. The summed E-state index contributed by atoms with van der Waals surface area (Å²) >= 11 is 6.11. The maximum atomic E-state index is 13.4. The van der Waals surface area contributed by atoms with Crippen LogP contribution in [-0.2, 0) is 28.5 Å². The summed E-state index contributed by atoms with van der Waals surface area (Å²) in [4.78, 5) is 3.76. The average Bonchev–Trinajstić information content (AvgIpc) is 2.82. The third kappa shape index (κ3) is 3.64. The highest BCUT2D eigenvalue weighted by Crippen LogP contribution is 2.44. The van der Waals surface area contributed by atoms with Gasteiger partial charge < -0.3 is 10.8 Å². The smallest absolute Gasteiger partial charge is 0.374 e. The third-order valence-corrected chi connectivity index (χ3v) is 6.67. The van der Waals surface area contributed by atoms with Crippen LogP contribution in [0.1, 0.15) is 50.9 Å². The van der Waals surface area contributed by atoms with Gasteiger partial charge in [-0.2, -0.15) is 13.2 Å². The Morgan fingerprint density at radius 1 is 1.42 bits per heavy atom. The van der Waals surface area contributed by atoms with Crippen molar-refractivity contribution in [2.45, 2.75) is 62.6 Å². The second-order valence-corrected chi connectivity index (χ2v) is 10.0. The molecule has 10 heteroatoms. The summed E-state index contributed by atoms with van der Waals surface area (Å²) in [5.74, 6) is 0. The number of halogens is 4. The number of nitrogens with two attached hydrogens (primary N) is 1. The zero-order valence-corrected chi connectivity index (χ0v) is 16.6. The van der Waals surface area contributed by atoms with E-state index < -0.39 is 45.3 Å². The zero-order valence-electron chi connectivity index (χ0n) is 15.0. The monoisotopic (exact) mass is 413 g/mol. The fraction of sp³-hybridized carbons (Fsp3) is 0.688. The topological polar surface area (TPSA) is 88.2 Å². The van der Waals surface area contributed by atoms with E-state index in [9.17, 15) is 22.5 Å². The Balaban J connectivity index is 2.57. The van der Waals surface area contributed by atoms with Crippen molar-refractivity contribution in [3.8, 4) is 0 Å². The van der Waals surface area contributed by atoms with Crippen LogP contribution >= 0.6 is 11.6 Å². The van der Waals surface area contributed by atoms with Crippen LogP contribution in [-0.4, -0.2) is 31.8 Å². The van der Waals surface area contributed by atoms with E-state index in [1.54, 1.807) is 27.7 Å². The van der Waals surface area contributed by atoms with E-state index >= 15 is 0 Å². The van der Waals surface area contributed by atoms with Crippen LogP contribution in [0.4, 0.5) is 13.2 Å².